The number of nitrogen functional groups attached to an aromatic ring is 1. The molecule has 3 rings (SSSR count). The maximum atomic E-state index is 13.8. The minimum absolute atomic E-state index is 0.00198. The first-order chi connectivity index (χ1) is 15.4. The van der Waals surface area contributed by atoms with Crippen LogP contribution in [0.5, 0.6) is 0 Å². The summed E-state index contributed by atoms with van der Waals surface area (Å²) >= 11 is 0.753. The van der Waals surface area contributed by atoms with Gasteiger partial charge >= 0.3 is 0 Å². The molecule has 10 heteroatoms. The van der Waals surface area contributed by atoms with Crippen molar-refractivity contribution >= 4 is 40.6 Å². The average molecular weight is 470 g/mol. The molecule has 174 valence electrons. The zero-order valence-electron chi connectivity index (χ0n) is 19.1. The van der Waals surface area contributed by atoms with Crippen molar-refractivity contribution in [2.24, 2.45) is 5.73 Å². The van der Waals surface area contributed by atoms with Crippen LogP contribution in [0.25, 0.3) is 0 Å². The summed E-state index contributed by atoms with van der Waals surface area (Å²) in [7, 11) is 0. The van der Waals surface area contributed by atoms with Crippen LogP contribution in [0.2, 0.25) is 0 Å². The lowest BCUT2D eigenvalue weighted by molar-refractivity contribution is -0.124. The Bertz CT molecular complexity index is 1210. The fraction of sp³-hybridized carbons (Fsp3) is 0.304. The second kappa shape index (κ2) is 9.07. The van der Waals surface area contributed by atoms with Crippen molar-refractivity contribution in [2.45, 2.75) is 46.2 Å². The van der Waals surface area contributed by atoms with Gasteiger partial charge in [-0.2, -0.15) is 4.37 Å². The van der Waals surface area contributed by atoms with Gasteiger partial charge in [-0.3, -0.25) is 19.3 Å². The van der Waals surface area contributed by atoms with E-state index in [1.807, 2.05) is 33.8 Å². The number of anilines is 2. The van der Waals surface area contributed by atoms with Crippen molar-refractivity contribution in [2.75, 3.05) is 10.6 Å². The predicted molar refractivity (Wildman–Crippen MR) is 127 cm³/mol. The Balaban J connectivity index is 2.22. The lowest BCUT2D eigenvalue weighted by Gasteiger charge is -2.32. The third-order valence-electron chi connectivity index (χ3n) is 4.69. The van der Waals surface area contributed by atoms with Crippen LogP contribution in [0.4, 0.5) is 11.4 Å². The number of nitrogens with one attached hydrogen (secondary N) is 1. The number of nitrogens with zero attached hydrogens (tertiary/aromatic N) is 2. The molecular weight excluding hydrogens is 442 g/mol. The van der Waals surface area contributed by atoms with Crippen LogP contribution in [-0.4, -0.2) is 27.6 Å². The molecule has 0 aliphatic rings. The van der Waals surface area contributed by atoms with Crippen LogP contribution >= 0.6 is 11.5 Å². The van der Waals surface area contributed by atoms with E-state index in [0.29, 0.717) is 11.4 Å². The number of rotatable bonds is 6. The van der Waals surface area contributed by atoms with Gasteiger partial charge in [0.05, 0.1) is 5.69 Å². The van der Waals surface area contributed by atoms with E-state index in [9.17, 15) is 14.4 Å². The Hall–Kier alpha value is -3.66. The van der Waals surface area contributed by atoms with Crippen LogP contribution in [0.1, 0.15) is 64.1 Å². The summed E-state index contributed by atoms with van der Waals surface area (Å²) in [6, 6.07) is 9.37. The molecular formula is C23H27N5O4S. The van der Waals surface area contributed by atoms with Crippen molar-refractivity contribution in [3.8, 4) is 0 Å². The van der Waals surface area contributed by atoms with Crippen molar-refractivity contribution in [1.29, 1.82) is 0 Å². The molecule has 0 spiro atoms. The number of hydrogen-bond acceptors (Lipinski definition) is 7. The second-order valence-corrected chi connectivity index (χ2v) is 9.52. The Morgan fingerprint density at radius 1 is 1.15 bits per heavy atom. The van der Waals surface area contributed by atoms with E-state index in [1.165, 1.54) is 4.90 Å². The number of amides is 3. The molecule has 2 aromatic heterocycles. The topological polar surface area (TPSA) is 145 Å². The molecule has 5 N–H and O–H groups in total. The lowest BCUT2D eigenvalue weighted by atomic mass is 10.0. The average Bonchev–Trinajstić information content (AvgIpc) is 3.29. The van der Waals surface area contributed by atoms with Crippen molar-refractivity contribution in [3.63, 3.8) is 0 Å². The number of hydrogen-bond donors (Lipinski definition) is 3. The van der Waals surface area contributed by atoms with Gasteiger partial charge < -0.3 is 21.2 Å². The molecule has 0 aliphatic heterocycles. The van der Waals surface area contributed by atoms with Crippen molar-refractivity contribution in [1.82, 2.24) is 9.69 Å². The van der Waals surface area contributed by atoms with Gasteiger partial charge in [-0.15, -0.1) is 0 Å². The fourth-order valence-corrected chi connectivity index (χ4v) is 4.05. The Morgan fingerprint density at radius 3 is 2.36 bits per heavy atom. The monoisotopic (exact) mass is 469 g/mol. The lowest BCUT2D eigenvalue weighted by Crippen LogP contribution is -2.49. The third-order valence-corrected chi connectivity index (χ3v) is 5.54. The van der Waals surface area contributed by atoms with Crippen LogP contribution in [-0.2, 0) is 4.79 Å². The van der Waals surface area contributed by atoms with E-state index < -0.39 is 29.3 Å². The number of primary amides is 1. The molecule has 0 radical (unpaired) electrons. The molecule has 0 saturated heterocycles. The van der Waals surface area contributed by atoms with Crippen molar-refractivity contribution in [3.05, 3.63) is 64.1 Å². The molecule has 1 aromatic carbocycles. The SMILES string of the molecule is Cc1cccc(N(C(=O)c2snc(C(N)=O)c2N)C(C(=O)NC(C)(C)C)c2ccc(C)o2)c1. The van der Waals surface area contributed by atoms with Crippen molar-refractivity contribution < 1.29 is 18.8 Å². The van der Waals surface area contributed by atoms with Gasteiger partial charge in [0.15, 0.2) is 11.7 Å². The van der Waals surface area contributed by atoms with E-state index >= 15 is 0 Å². The van der Waals surface area contributed by atoms with Gasteiger partial charge in [0.2, 0.25) is 0 Å². The smallest absolute Gasteiger partial charge is 0.273 e. The van der Waals surface area contributed by atoms with Crippen LogP contribution < -0.4 is 21.7 Å². The quantitative estimate of drug-likeness (QED) is 0.505. The molecule has 0 aliphatic carbocycles. The maximum absolute atomic E-state index is 13.8. The highest BCUT2D eigenvalue weighted by atomic mass is 32.1. The molecule has 0 saturated carbocycles. The number of carbonyl (C=O) groups is 3. The first-order valence-electron chi connectivity index (χ1n) is 10.2. The predicted octanol–water partition coefficient (Wildman–Crippen LogP) is 3.34. The van der Waals surface area contributed by atoms with E-state index in [-0.39, 0.29) is 22.0 Å². The molecule has 33 heavy (non-hydrogen) atoms. The third kappa shape index (κ3) is 5.23. The van der Waals surface area contributed by atoms with E-state index in [1.54, 1.807) is 37.3 Å². The summed E-state index contributed by atoms with van der Waals surface area (Å²) in [6.07, 6.45) is 0. The fourth-order valence-electron chi connectivity index (χ4n) is 3.31. The minimum Gasteiger partial charge on any atom is -0.464 e. The molecule has 0 bridgehead atoms. The number of benzene rings is 1. The number of aromatic nitrogens is 1. The van der Waals surface area contributed by atoms with Crippen LogP contribution in [0.3, 0.4) is 0 Å². The highest BCUT2D eigenvalue weighted by Crippen LogP contribution is 2.34. The summed E-state index contributed by atoms with van der Waals surface area (Å²) < 4.78 is 9.74. The standard InChI is InChI=1S/C23H27N5O4S/c1-12-7-6-8-14(11-12)28(22(31)19-16(24)17(20(25)29)27-33-19)18(15-10-9-13(2)32-15)21(30)26-23(3,4)5/h6-11,18H,24H2,1-5H3,(H2,25,29)(H,26,30). The summed E-state index contributed by atoms with van der Waals surface area (Å²) in [5, 5.41) is 2.93. The summed E-state index contributed by atoms with van der Waals surface area (Å²) in [5.74, 6) is -1.02. The number of furan rings is 1. The summed E-state index contributed by atoms with van der Waals surface area (Å²) in [5.41, 5.74) is 11.8. The number of nitrogens with two attached hydrogens (primary N) is 2. The van der Waals surface area contributed by atoms with Gasteiger partial charge in [0.1, 0.15) is 16.4 Å². The molecule has 3 aromatic rings. The van der Waals surface area contributed by atoms with E-state index in [0.717, 1.165) is 17.1 Å². The second-order valence-electron chi connectivity index (χ2n) is 8.74. The molecule has 9 nitrogen and oxygen atoms in total. The maximum Gasteiger partial charge on any atom is 0.273 e. The van der Waals surface area contributed by atoms with E-state index in [2.05, 4.69) is 9.69 Å². The zero-order valence-corrected chi connectivity index (χ0v) is 19.9. The first kappa shape index (κ1) is 24.0. The molecule has 1 unspecified atom stereocenters. The van der Waals surface area contributed by atoms with Gasteiger partial charge in [-0.1, -0.05) is 12.1 Å². The Morgan fingerprint density at radius 2 is 1.85 bits per heavy atom. The first-order valence-corrected chi connectivity index (χ1v) is 11.0. The Labute approximate surface area is 195 Å². The minimum atomic E-state index is -1.15. The molecule has 0 fully saturated rings. The molecule has 2 heterocycles. The van der Waals surface area contributed by atoms with Crippen LogP contribution in [0, 0.1) is 13.8 Å². The Kier molecular flexibility index (Phi) is 6.59. The summed E-state index contributed by atoms with van der Waals surface area (Å²) in [6.45, 7) is 9.15. The molecule has 1 atom stereocenters. The molecule has 3 amide bonds. The number of carbonyl (C=O) groups excluding carboxylic acids is 3. The summed E-state index contributed by atoms with van der Waals surface area (Å²) in [4.78, 5) is 40.3. The van der Waals surface area contributed by atoms with Gasteiger partial charge in [0.25, 0.3) is 17.7 Å². The highest BCUT2D eigenvalue weighted by Gasteiger charge is 2.38. The normalized spacial score (nSPS) is 12.3. The van der Waals surface area contributed by atoms with Crippen LogP contribution in [0.15, 0.2) is 40.8 Å². The highest BCUT2D eigenvalue weighted by molar-refractivity contribution is 7.09. The van der Waals surface area contributed by atoms with Gasteiger partial charge in [-0.05, 0) is 76.0 Å². The number of aryl methyl sites for hydroxylation is 2. The van der Waals surface area contributed by atoms with Gasteiger partial charge in [0, 0.05) is 11.2 Å². The van der Waals surface area contributed by atoms with E-state index in [4.69, 9.17) is 15.9 Å². The van der Waals surface area contributed by atoms with Gasteiger partial charge in [-0.25, -0.2) is 0 Å². The zero-order chi connectivity index (χ0) is 24.5. The largest absolute Gasteiger partial charge is 0.464 e.